The minimum atomic E-state index is -1.06. The zero-order valence-electron chi connectivity index (χ0n) is 11.7. The highest BCUT2D eigenvalue weighted by molar-refractivity contribution is 5.90. The van der Waals surface area contributed by atoms with Crippen LogP contribution in [-0.2, 0) is 9.47 Å². The zero-order valence-corrected chi connectivity index (χ0v) is 11.7. The third-order valence-corrected chi connectivity index (χ3v) is 2.54. The summed E-state index contributed by atoms with van der Waals surface area (Å²) in [5.41, 5.74) is 0.957. The number of carboxylic acids is 1. The van der Waals surface area contributed by atoms with Gasteiger partial charge < -0.3 is 24.4 Å². The number of aliphatic hydroxyl groups is 1. The van der Waals surface area contributed by atoms with Crippen molar-refractivity contribution in [1.82, 2.24) is 0 Å². The quantitative estimate of drug-likeness (QED) is 0.660. The minimum absolute atomic E-state index is 0.0310. The first kappa shape index (κ1) is 16.4. The van der Waals surface area contributed by atoms with Gasteiger partial charge in [-0.1, -0.05) is 6.07 Å². The number of ether oxygens (including phenoxy) is 3. The molecule has 0 bridgehead atoms. The van der Waals surface area contributed by atoms with Crippen LogP contribution in [0.25, 0.3) is 0 Å². The summed E-state index contributed by atoms with van der Waals surface area (Å²) in [4.78, 5) is 11.0. The lowest BCUT2D eigenvalue weighted by Crippen LogP contribution is -2.24. The second-order valence-corrected chi connectivity index (χ2v) is 4.34. The number of aromatic carboxylic acids is 1. The van der Waals surface area contributed by atoms with E-state index >= 15 is 0 Å². The molecule has 6 nitrogen and oxygen atoms in total. The lowest BCUT2D eigenvalue weighted by molar-refractivity contribution is -0.00439. The van der Waals surface area contributed by atoms with Gasteiger partial charge in [-0.2, -0.15) is 0 Å². The van der Waals surface area contributed by atoms with E-state index in [4.69, 9.17) is 19.3 Å². The lowest BCUT2D eigenvalue weighted by Gasteiger charge is -2.14. The summed E-state index contributed by atoms with van der Waals surface area (Å²) >= 11 is 0. The predicted molar refractivity (Wildman–Crippen MR) is 72.3 cm³/mol. The van der Waals surface area contributed by atoms with Gasteiger partial charge in [0.25, 0.3) is 0 Å². The van der Waals surface area contributed by atoms with Gasteiger partial charge in [0.1, 0.15) is 24.0 Å². The van der Waals surface area contributed by atoms with Gasteiger partial charge in [0.15, 0.2) is 0 Å². The summed E-state index contributed by atoms with van der Waals surface area (Å²) < 4.78 is 15.3. The molecule has 1 rings (SSSR count). The normalized spacial score (nSPS) is 12.2. The highest BCUT2D eigenvalue weighted by Gasteiger charge is 2.13. The van der Waals surface area contributed by atoms with Crippen molar-refractivity contribution in [1.29, 1.82) is 0 Å². The van der Waals surface area contributed by atoms with E-state index in [0.717, 1.165) is 5.56 Å². The molecule has 0 radical (unpaired) electrons. The smallest absolute Gasteiger partial charge is 0.339 e. The molecule has 20 heavy (non-hydrogen) atoms. The molecule has 6 heteroatoms. The average molecular weight is 284 g/mol. The van der Waals surface area contributed by atoms with Crippen molar-refractivity contribution in [3.8, 4) is 5.75 Å². The van der Waals surface area contributed by atoms with E-state index in [0.29, 0.717) is 13.2 Å². The molecule has 0 fully saturated rings. The Balaban J connectivity index is 2.48. The van der Waals surface area contributed by atoms with Crippen molar-refractivity contribution >= 4 is 5.97 Å². The molecular formula is C14H20O6. The van der Waals surface area contributed by atoms with Gasteiger partial charge in [-0.25, -0.2) is 4.79 Å². The maximum Gasteiger partial charge on any atom is 0.339 e. The van der Waals surface area contributed by atoms with Crippen molar-refractivity contribution in [2.24, 2.45) is 0 Å². The first-order valence-corrected chi connectivity index (χ1v) is 6.26. The van der Waals surface area contributed by atoms with Crippen molar-refractivity contribution in [3.63, 3.8) is 0 Å². The lowest BCUT2D eigenvalue weighted by atomic mass is 10.1. The highest BCUT2D eigenvalue weighted by atomic mass is 16.5. The third-order valence-electron chi connectivity index (χ3n) is 2.54. The van der Waals surface area contributed by atoms with E-state index in [1.54, 1.807) is 19.2 Å². The summed E-state index contributed by atoms with van der Waals surface area (Å²) in [6.45, 7) is 2.75. The molecular weight excluding hydrogens is 264 g/mol. The number of aliphatic hydroxyl groups excluding tert-OH is 1. The number of hydrogen-bond donors (Lipinski definition) is 2. The maximum absolute atomic E-state index is 11.0. The fourth-order valence-electron chi connectivity index (χ4n) is 1.52. The fraction of sp³-hybridized carbons (Fsp3) is 0.500. The Labute approximate surface area is 117 Å². The third kappa shape index (κ3) is 5.56. The molecule has 0 aliphatic carbocycles. The number of benzene rings is 1. The summed E-state index contributed by atoms with van der Waals surface area (Å²) in [6.07, 6.45) is -0.825. The van der Waals surface area contributed by atoms with E-state index in [1.165, 1.54) is 6.07 Å². The minimum Gasteiger partial charge on any atom is -0.490 e. The highest BCUT2D eigenvalue weighted by Crippen LogP contribution is 2.20. The van der Waals surface area contributed by atoms with Crippen LogP contribution in [0.4, 0.5) is 0 Å². The van der Waals surface area contributed by atoms with Crippen LogP contribution in [0.5, 0.6) is 5.75 Å². The molecule has 0 saturated carbocycles. The monoisotopic (exact) mass is 284 g/mol. The first-order valence-electron chi connectivity index (χ1n) is 6.26. The Kier molecular flexibility index (Phi) is 7.00. The second-order valence-electron chi connectivity index (χ2n) is 4.34. The fourth-order valence-corrected chi connectivity index (χ4v) is 1.52. The van der Waals surface area contributed by atoms with Gasteiger partial charge in [-0.3, -0.25) is 0 Å². The van der Waals surface area contributed by atoms with E-state index in [-0.39, 0.29) is 24.5 Å². The van der Waals surface area contributed by atoms with Crippen molar-refractivity contribution in [2.75, 3.05) is 33.5 Å². The van der Waals surface area contributed by atoms with Gasteiger partial charge in [0.2, 0.25) is 0 Å². The number of aryl methyl sites for hydroxylation is 1. The van der Waals surface area contributed by atoms with Crippen LogP contribution in [-0.4, -0.2) is 55.8 Å². The van der Waals surface area contributed by atoms with Crippen LogP contribution in [0.1, 0.15) is 15.9 Å². The SMILES string of the molecule is COCCOCC(O)COc1cc(C)ccc1C(=O)O. The molecule has 1 atom stereocenters. The second kappa shape index (κ2) is 8.52. The molecule has 0 spiro atoms. The maximum atomic E-state index is 11.0. The Morgan fingerprint density at radius 1 is 1.30 bits per heavy atom. The number of carboxylic acid groups (broad SMARTS) is 1. The Morgan fingerprint density at radius 3 is 2.70 bits per heavy atom. The van der Waals surface area contributed by atoms with Gasteiger partial charge >= 0.3 is 5.97 Å². The van der Waals surface area contributed by atoms with Crippen LogP contribution in [0.2, 0.25) is 0 Å². The molecule has 1 aromatic rings. The first-order chi connectivity index (χ1) is 9.54. The van der Waals surface area contributed by atoms with E-state index in [1.807, 2.05) is 6.92 Å². The van der Waals surface area contributed by atoms with Crippen LogP contribution < -0.4 is 4.74 Å². The molecule has 2 N–H and O–H groups in total. The largest absolute Gasteiger partial charge is 0.490 e. The Morgan fingerprint density at radius 2 is 2.05 bits per heavy atom. The standard InChI is InChI=1S/C14H20O6/c1-10-3-4-12(14(16)17)13(7-10)20-9-11(15)8-19-6-5-18-2/h3-4,7,11,15H,5-6,8-9H2,1-2H3,(H,16,17). The topological polar surface area (TPSA) is 85.2 Å². The van der Waals surface area contributed by atoms with Gasteiger partial charge in [-0.15, -0.1) is 0 Å². The van der Waals surface area contributed by atoms with Crippen molar-refractivity contribution in [3.05, 3.63) is 29.3 Å². The summed E-state index contributed by atoms with van der Waals surface area (Å²) in [5, 5.41) is 18.7. The molecule has 0 aliphatic rings. The Hall–Kier alpha value is -1.63. The number of rotatable bonds is 9. The average Bonchev–Trinajstić information content (AvgIpc) is 2.41. The molecule has 1 aromatic carbocycles. The van der Waals surface area contributed by atoms with Crippen molar-refractivity contribution in [2.45, 2.75) is 13.0 Å². The van der Waals surface area contributed by atoms with Gasteiger partial charge in [0, 0.05) is 7.11 Å². The summed E-state index contributed by atoms with van der Waals surface area (Å²) in [6, 6.07) is 4.80. The predicted octanol–water partition coefficient (Wildman–Crippen LogP) is 1.10. The Bertz CT molecular complexity index is 432. The number of methoxy groups -OCH3 is 1. The summed E-state index contributed by atoms with van der Waals surface area (Å²) in [7, 11) is 1.56. The van der Waals surface area contributed by atoms with Crippen LogP contribution in [0.3, 0.4) is 0 Å². The molecule has 112 valence electrons. The molecule has 1 unspecified atom stereocenters. The molecule has 0 saturated heterocycles. The summed E-state index contributed by atoms with van der Waals surface area (Å²) in [5.74, 6) is -0.820. The molecule has 0 aromatic heterocycles. The molecule has 0 aliphatic heterocycles. The van der Waals surface area contributed by atoms with E-state index in [2.05, 4.69) is 0 Å². The van der Waals surface area contributed by atoms with Crippen LogP contribution in [0, 0.1) is 6.92 Å². The van der Waals surface area contributed by atoms with Crippen LogP contribution >= 0.6 is 0 Å². The van der Waals surface area contributed by atoms with Gasteiger partial charge in [0.05, 0.1) is 19.8 Å². The zero-order chi connectivity index (χ0) is 15.0. The molecule has 0 amide bonds. The molecule has 0 heterocycles. The van der Waals surface area contributed by atoms with E-state index in [9.17, 15) is 9.90 Å². The van der Waals surface area contributed by atoms with Crippen molar-refractivity contribution < 1.29 is 29.2 Å². The number of carbonyl (C=O) groups is 1. The number of hydrogen-bond acceptors (Lipinski definition) is 5. The van der Waals surface area contributed by atoms with Crippen LogP contribution in [0.15, 0.2) is 18.2 Å². The van der Waals surface area contributed by atoms with E-state index < -0.39 is 12.1 Å². The van der Waals surface area contributed by atoms with Gasteiger partial charge in [-0.05, 0) is 24.6 Å².